The highest BCUT2D eigenvalue weighted by atomic mass is 15.5. The zero-order chi connectivity index (χ0) is 5.11. The summed E-state index contributed by atoms with van der Waals surface area (Å²) in [5.41, 5.74) is 5.33. The van der Waals surface area contributed by atoms with Gasteiger partial charge in [0.05, 0.1) is 0 Å². The van der Waals surface area contributed by atoms with Crippen molar-refractivity contribution in [1.82, 2.24) is 11.0 Å². The first-order chi connectivity index (χ1) is 3.43. The molecule has 0 aromatic heterocycles. The fourth-order valence-corrected chi connectivity index (χ4v) is 0.670. The van der Waals surface area contributed by atoms with Gasteiger partial charge >= 0.3 is 0 Å². The fraction of sp³-hybridized carbons (Fsp3) is 1.00. The van der Waals surface area contributed by atoms with E-state index < -0.39 is 0 Å². The smallest absolute Gasteiger partial charge is 0.0226 e. The predicted molar refractivity (Wildman–Crippen MR) is 28.1 cm³/mol. The third kappa shape index (κ3) is 1.12. The number of hydrogen-bond acceptors (Lipinski definition) is 3. The molecule has 0 amide bonds. The van der Waals surface area contributed by atoms with Crippen molar-refractivity contribution >= 4 is 0 Å². The predicted octanol–water partition coefficient (Wildman–Crippen LogP) is -0.493. The van der Waals surface area contributed by atoms with E-state index in [0.29, 0.717) is 6.04 Å². The van der Waals surface area contributed by atoms with Gasteiger partial charge in [0.2, 0.25) is 0 Å². The molecule has 42 valence electrons. The minimum atomic E-state index is 0.644. The molecule has 1 rings (SSSR count). The van der Waals surface area contributed by atoms with Crippen molar-refractivity contribution in [1.29, 1.82) is 0 Å². The number of hydrazine groups is 2. The summed E-state index contributed by atoms with van der Waals surface area (Å²) >= 11 is 0. The summed E-state index contributed by atoms with van der Waals surface area (Å²) in [4.78, 5) is 0. The second kappa shape index (κ2) is 2.26. The Morgan fingerprint density at radius 3 is 2.29 bits per heavy atom. The molecule has 0 atom stereocenters. The Hall–Kier alpha value is -0.120. The second-order valence-corrected chi connectivity index (χ2v) is 1.92. The van der Waals surface area contributed by atoms with Gasteiger partial charge < -0.3 is 0 Å². The first-order valence-corrected chi connectivity index (χ1v) is 2.64. The summed E-state index contributed by atoms with van der Waals surface area (Å²) in [5, 5.41) is 0. The van der Waals surface area contributed by atoms with Crippen molar-refractivity contribution in [2.75, 3.05) is 0 Å². The maximum absolute atomic E-state index is 4.98. The second-order valence-electron chi connectivity index (χ2n) is 1.92. The van der Waals surface area contributed by atoms with Gasteiger partial charge in [0.1, 0.15) is 0 Å². The Morgan fingerprint density at radius 1 is 1.43 bits per heavy atom. The van der Waals surface area contributed by atoms with Gasteiger partial charge in [-0.1, -0.05) is 6.42 Å². The molecule has 1 aliphatic carbocycles. The van der Waals surface area contributed by atoms with Crippen LogP contribution in [0.5, 0.6) is 0 Å². The summed E-state index contributed by atoms with van der Waals surface area (Å²) in [5.74, 6) is 4.98. The van der Waals surface area contributed by atoms with E-state index in [2.05, 4.69) is 11.0 Å². The molecule has 0 aliphatic heterocycles. The van der Waals surface area contributed by atoms with Crippen molar-refractivity contribution in [2.45, 2.75) is 25.3 Å². The summed E-state index contributed by atoms with van der Waals surface area (Å²) in [6, 6.07) is 0.644. The summed E-state index contributed by atoms with van der Waals surface area (Å²) in [7, 11) is 0. The molecule has 0 aromatic rings. The van der Waals surface area contributed by atoms with Crippen LogP contribution < -0.4 is 16.8 Å². The summed E-state index contributed by atoms with van der Waals surface area (Å²) < 4.78 is 0. The molecule has 0 saturated heterocycles. The number of hydrogen-bond donors (Lipinski definition) is 3. The molecule has 1 fully saturated rings. The van der Waals surface area contributed by atoms with Crippen LogP contribution in [0.25, 0.3) is 0 Å². The normalized spacial score (nSPS) is 21.9. The average molecular weight is 101 g/mol. The Bertz CT molecular complexity index is 50.9. The third-order valence-corrected chi connectivity index (χ3v) is 1.39. The molecule has 0 aromatic carbocycles. The van der Waals surface area contributed by atoms with E-state index in [1.807, 2.05) is 0 Å². The highest BCUT2D eigenvalue weighted by molar-refractivity contribution is 4.73. The number of nitrogens with one attached hydrogen (secondary N) is 2. The average Bonchev–Trinajstić information content (AvgIpc) is 1.55. The van der Waals surface area contributed by atoms with E-state index in [9.17, 15) is 0 Å². The van der Waals surface area contributed by atoms with Gasteiger partial charge in [0, 0.05) is 6.04 Å². The topological polar surface area (TPSA) is 50.1 Å². The van der Waals surface area contributed by atoms with Gasteiger partial charge in [-0.2, -0.15) is 5.53 Å². The van der Waals surface area contributed by atoms with E-state index in [0.717, 1.165) is 0 Å². The number of rotatable bonds is 2. The third-order valence-electron chi connectivity index (χ3n) is 1.39. The molecular formula is C4H11N3. The molecule has 0 radical (unpaired) electrons. The summed E-state index contributed by atoms with van der Waals surface area (Å²) in [6.07, 6.45) is 3.88. The fourth-order valence-electron chi connectivity index (χ4n) is 0.670. The van der Waals surface area contributed by atoms with Crippen LogP contribution in [0.3, 0.4) is 0 Å². The minimum absolute atomic E-state index is 0.644. The molecule has 0 heterocycles. The lowest BCUT2D eigenvalue weighted by Crippen LogP contribution is -2.47. The van der Waals surface area contributed by atoms with Crippen molar-refractivity contribution in [2.24, 2.45) is 5.84 Å². The highest BCUT2D eigenvalue weighted by Gasteiger charge is 2.14. The van der Waals surface area contributed by atoms with Crippen LogP contribution in [0.2, 0.25) is 0 Å². The highest BCUT2D eigenvalue weighted by Crippen LogP contribution is 2.16. The van der Waals surface area contributed by atoms with E-state index in [1.165, 1.54) is 19.3 Å². The van der Waals surface area contributed by atoms with Crippen LogP contribution in [0.15, 0.2) is 0 Å². The van der Waals surface area contributed by atoms with Crippen LogP contribution in [0.1, 0.15) is 19.3 Å². The largest absolute Gasteiger partial charge is 0.258 e. The van der Waals surface area contributed by atoms with Crippen molar-refractivity contribution in [3.05, 3.63) is 0 Å². The SMILES string of the molecule is NNNC1CCC1. The lowest BCUT2D eigenvalue weighted by molar-refractivity contribution is 0.303. The molecule has 3 nitrogen and oxygen atoms in total. The molecule has 4 N–H and O–H groups in total. The maximum Gasteiger partial charge on any atom is 0.0226 e. The van der Waals surface area contributed by atoms with Crippen LogP contribution in [0.4, 0.5) is 0 Å². The van der Waals surface area contributed by atoms with E-state index >= 15 is 0 Å². The monoisotopic (exact) mass is 101 g/mol. The Balaban J connectivity index is 1.93. The standard InChI is InChI=1S/C4H11N3/c5-7-6-4-2-1-3-4/h4,6-7H,1-3,5H2. The van der Waals surface area contributed by atoms with Crippen LogP contribution in [0, 0.1) is 0 Å². The Kier molecular flexibility index (Phi) is 1.62. The molecule has 1 aliphatic rings. The molecule has 0 bridgehead atoms. The Morgan fingerprint density at radius 2 is 2.14 bits per heavy atom. The van der Waals surface area contributed by atoms with Crippen molar-refractivity contribution < 1.29 is 0 Å². The number of nitrogens with two attached hydrogens (primary N) is 1. The van der Waals surface area contributed by atoms with Gasteiger partial charge in [0.25, 0.3) is 0 Å². The van der Waals surface area contributed by atoms with Crippen molar-refractivity contribution in [3.8, 4) is 0 Å². The van der Waals surface area contributed by atoms with Crippen LogP contribution in [-0.2, 0) is 0 Å². The quantitative estimate of drug-likeness (QED) is 0.325. The van der Waals surface area contributed by atoms with E-state index in [-0.39, 0.29) is 0 Å². The van der Waals surface area contributed by atoms with E-state index in [1.54, 1.807) is 0 Å². The summed E-state index contributed by atoms with van der Waals surface area (Å²) in [6.45, 7) is 0. The molecule has 7 heavy (non-hydrogen) atoms. The van der Waals surface area contributed by atoms with Crippen molar-refractivity contribution in [3.63, 3.8) is 0 Å². The maximum atomic E-state index is 4.98. The van der Waals surface area contributed by atoms with Gasteiger partial charge in [-0.25, -0.2) is 5.43 Å². The lowest BCUT2D eigenvalue weighted by atomic mass is 9.94. The van der Waals surface area contributed by atoms with Gasteiger partial charge in [0.15, 0.2) is 0 Å². The van der Waals surface area contributed by atoms with E-state index in [4.69, 9.17) is 5.84 Å². The molecule has 1 saturated carbocycles. The molecule has 3 heteroatoms. The van der Waals surface area contributed by atoms with Gasteiger partial charge in [-0.3, -0.25) is 5.84 Å². The first-order valence-electron chi connectivity index (χ1n) is 2.64. The molecule has 0 spiro atoms. The van der Waals surface area contributed by atoms with Crippen LogP contribution in [-0.4, -0.2) is 6.04 Å². The zero-order valence-corrected chi connectivity index (χ0v) is 4.28. The minimum Gasteiger partial charge on any atom is -0.258 e. The Labute approximate surface area is 43.2 Å². The van der Waals surface area contributed by atoms with Gasteiger partial charge in [-0.15, -0.1) is 0 Å². The molecular weight excluding hydrogens is 90.1 g/mol. The van der Waals surface area contributed by atoms with Crippen LogP contribution >= 0.6 is 0 Å². The zero-order valence-electron chi connectivity index (χ0n) is 4.28. The first kappa shape index (κ1) is 5.03. The van der Waals surface area contributed by atoms with Gasteiger partial charge in [-0.05, 0) is 12.8 Å². The lowest BCUT2D eigenvalue weighted by Gasteiger charge is -2.25. The molecule has 0 unspecified atom stereocenters.